The molecule has 2 aromatic heterocycles. The lowest BCUT2D eigenvalue weighted by Crippen LogP contribution is -2.21. The molecule has 0 radical (unpaired) electrons. The smallest absolute Gasteiger partial charge is 0.475 e. The molecule has 0 spiro atoms. The number of anilines is 2. The third-order valence-electron chi connectivity index (χ3n) is 6.22. The number of carboxylic acid groups (broad SMARTS) is 1. The van der Waals surface area contributed by atoms with Crippen LogP contribution in [0, 0.1) is 5.82 Å². The molecule has 3 aromatic carbocycles. The molecule has 0 saturated carbocycles. The predicted octanol–water partition coefficient (Wildman–Crippen LogP) is 6.15. The maximum Gasteiger partial charge on any atom is 0.490 e. The molecular formula is C29H26F4N6O2. The molecule has 0 fully saturated rings. The van der Waals surface area contributed by atoms with Crippen LogP contribution in [0.2, 0.25) is 0 Å². The molecule has 212 valence electrons. The Balaban J connectivity index is 0.000000493. The first-order chi connectivity index (χ1) is 19.5. The summed E-state index contributed by atoms with van der Waals surface area (Å²) in [6.45, 7) is 2.05. The van der Waals surface area contributed by atoms with Gasteiger partial charge < -0.3 is 16.2 Å². The highest BCUT2D eigenvalue weighted by Crippen LogP contribution is 2.31. The number of hydrogen-bond donors (Lipinski definition) is 3. The molecule has 4 N–H and O–H groups in total. The third-order valence-corrected chi connectivity index (χ3v) is 6.22. The minimum absolute atomic E-state index is 0.298. The number of fused-ring (bicyclic) bond motifs is 1. The zero-order valence-corrected chi connectivity index (χ0v) is 22.0. The summed E-state index contributed by atoms with van der Waals surface area (Å²) in [5.41, 5.74) is 9.30. The monoisotopic (exact) mass is 566 g/mol. The van der Waals surface area contributed by atoms with Gasteiger partial charge in [0.25, 0.3) is 0 Å². The van der Waals surface area contributed by atoms with Crippen molar-refractivity contribution >= 4 is 28.2 Å². The van der Waals surface area contributed by atoms with Crippen LogP contribution >= 0.6 is 0 Å². The van der Waals surface area contributed by atoms with E-state index in [0.717, 1.165) is 34.0 Å². The normalized spacial score (nSPS) is 12.0. The molecule has 0 saturated heterocycles. The number of hydrogen-bond acceptors (Lipinski definition) is 6. The predicted molar refractivity (Wildman–Crippen MR) is 148 cm³/mol. The number of aromatic nitrogens is 4. The summed E-state index contributed by atoms with van der Waals surface area (Å²) in [7, 11) is 1.83. The van der Waals surface area contributed by atoms with Gasteiger partial charge in [-0.1, -0.05) is 49.4 Å². The number of carbonyl (C=O) groups is 1. The number of benzene rings is 3. The molecular weight excluding hydrogens is 540 g/mol. The quantitative estimate of drug-likeness (QED) is 0.211. The molecule has 2 heterocycles. The fourth-order valence-electron chi connectivity index (χ4n) is 4.13. The molecule has 0 aliphatic heterocycles. The van der Waals surface area contributed by atoms with Gasteiger partial charge in [-0.2, -0.15) is 18.3 Å². The minimum atomic E-state index is -5.08. The lowest BCUT2D eigenvalue weighted by molar-refractivity contribution is -0.192. The Labute approximate surface area is 232 Å². The van der Waals surface area contributed by atoms with E-state index in [1.54, 1.807) is 10.9 Å². The number of halogens is 4. The Kier molecular flexibility index (Phi) is 8.51. The molecule has 5 aromatic rings. The van der Waals surface area contributed by atoms with Gasteiger partial charge in [0.1, 0.15) is 17.7 Å². The Morgan fingerprint density at radius 3 is 2.44 bits per heavy atom. The topological polar surface area (TPSA) is 119 Å². The standard InChI is InChI=1S/C27H25FN6.C2HF3O2/c1-3-17-9-12-23(28)22(15-17)24(27-32-26(33-34(27)2)18-7-5-4-6-8-18)31-20-10-11-21-19(16-20)13-14-30-25(21)29;3-2(4,5)1(6)7/h4-16,24,31H,3H2,1-2H3,(H2,29,30);(H,6,7). The Morgan fingerprint density at radius 1 is 1.07 bits per heavy atom. The molecule has 8 nitrogen and oxygen atoms in total. The molecule has 1 atom stereocenters. The van der Waals surface area contributed by atoms with Crippen LogP contribution in [0.4, 0.5) is 29.1 Å². The van der Waals surface area contributed by atoms with Gasteiger partial charge in [-0.3, -0.25) is 4.68 Å². The number of alkyl halides is 3. The molecule has 12 heteroatoms. The maximum atomic E-state index is 15.2. The Bertz CT molecular complexity index is 1670. The summed E-state index contributed by atoms with van der Waals surface area (Å²) >= 11 is 0. The van der Waals surface area contributed by atoms with Crippen LogP contribution in [-0.2, 0) is 18.3 Å². The van der Waals surface area contributed by atoms with Crippen molar-refractivity contribution in [3.05, 3.63) is 102 Å². The van der Waals surface area contributed by atoms with Gasteiger partial charge >= 0.3 is 12.1 Å². The largest absolute Gasteiger partial charge is 0.490 e. The van der Waals surface area contributed by atoms with Crippen molar-refractivity contribution in [2.45, 2.75) is 25.6 Å². The van der Waals surface area contributed by atoms with Crippen LogP contribution in [-0.4, -0.2) is 37.0 Å². The van der Waals surface area contributed by atoms with Crippen molar-refractivity contribution in [1.82, 2.24) is 19.7 Å². The van der Waals surface area contributed by atoms with Crippen LogP contribution in [0.15, 0.2) is 79.0 Å². The number of carboxylic acids is 1. The molecule has 0 bridgehead atoms. The van der Waals surface area contributed by atoms with Crippen molar-refractivity contribution in [1.29, 1.82) is 0 Å². The van der Waals surface area contributed by atoms with E-state index in [-0.39, 0.29) is 5.82 Å². The summed E-state index contributed by atoms with van der Waals surface area (Å²) in [5, 5.41) is 17.1. The Morgan fingerprint density at radius 2 is 1.78 bits per heavy atom. The lowest BCUT2D eigenvalue weighted by atomic mass is 10.0. The average molecular weight is 567 g/mol. The number of rotatable bonds is 6. The molecule has 0 aliphatic carbocycles. The highest BCUT2D eigenvalue weighted by molar-refractivity contribution is 5.92. The van der Waals surface area contributed by atoms with Crippen molar-refractivity contribution in [2.75, 3.05) is 11.1 Å². The highest BCUT2D eigenvalue weighted by atomic mass is 19.4. The second-order valence-corrected chi connectivity index (χ2v) is 9.01. The summed E-state index contributed by atoms with van der Waals surface area (Å²) < 4.78 is 48.6. The highest BCUT2D eigenvalue weighted by Gasteiger charge is 2.38. The van der Waals surface area contributed by atoms with E-state index in [1.165, 1.54) is 6.07 Å². The van der Waals surface area contributed by atoms with E-state index in [4.69, 9.17) is 20.6 Å². The molecule has 1 unspecified atom stereocenters. The van der Waals surface area contributed by atoms with E-state index in [2.05, 4.69) is 22.3 Å². The van der Waals surface area contributed by atoms with E-state index >= 15 is 4.39 Å². The van der Waals surface area contributed by atoms with Gasteiger partial charge in [0, 0.05) is 35.4 Å². The van der Waals surface area contributed by atoms with E-state index < -0.39 is 18.2 Å². The minimum Gasteiger partial charge on any atom is -0.475 e. The SMILES string of the molecule is CCc1ccc(F)c(C(Nc2ccc3c(N)nccc3c2)c2nc(-c3ccccc3)nn2C)c1.O=C(O)C(F)(F)F. The molecule has 0 aliphatic rings. The van der Waals surface area contributed by atoms with Crippen molar-refractivity contribution in [3.63, 3.8) is 0 Å². The zero-order valence-electron chi connectivity index (χ0n) is 22.0. The van der Waals surface area contributed by atoms with E-state index in [9.17, 15) is 13.2 Å². The lowest BCUT2D eigenvalue weighted by Gasteiger charge is -2.21. The molecule has 5 rings (SSSR count). The maximum absolute atomic E-state index is 15.2. The van der Waals surface area contributed by atoms with Gasteiger partial charge in [-0.25, -0.2) is 19.2 Å². The number of nitrogens with one attached hydrogen (secondary N) is 1. The number of nitrogens with zero attached hydrogens (tertiary/aromatic N) is 4. The van der Waals surface area contributed by atoms with Crippen molar-refractivity contribution < 1.29 is 27.5 Å². The van der Waals surface area contributed by atoms with Crippen LogP contribution in [0.5, 0.6) is 0 Å². The first-order valence-electron chi connectivity index (χ1n) is 12.4. The number of aryl methyl sites for hydroxylation is 2. The first-order valence-corrected chi connectivity index (χ1v) is 12.4. The second kappa shape index (κ2) is 12.0. The van der Waals surface area contributed by atoms with Crippen molar-refractivity contribution in [2.24, 2.45) is 7.05 Å². The summed E-state index contributed by atoms with van der Waals surface area (Å²) in [6, 6.07) is 22.2. The van der Waals surface area contributed by atoms with Crippen LogP contribution < -0.4 is 11.1 Å². The molecule has 41 heavy (non-hydrogen) atoms. The van der Waals surface area contributed by atoms with Gasteiger partial charge in [0.2, 0.25) is 0 Å². The van der Waals surface area contributed by atoms with Gasteiger partial charge in [0.15, 0.2) is 11.6 Å². The van der Waals surface area contributed by atoms with Gasteiger partial charge in [0.05, 0.1) is 0 Å². The number of nitrogens with two attached hydrogens (primary N) is 1. The fraction of sp³-hybridized carbons (Fsp3) is 0.172. The van der Waals surface area contributed by atoms with E-state index in [1.807, 2.05) is 73.8 Å². The number of aliphatic carboxylic acids is 1. The first kappa shape index (κ1) is 29.0. The van der Waals surface area contributed by atoms with Gasteiger partial charge in [-0.05, 0) is 47.7 Å². The zero-order chi connectivity index (χ0) is 29.7. The number of pyridine rings is 1. The van der Waals surface area contributed by atoms with E-state index in [0.29, 0.717) is 23.0 Å². The van der Waals surface area contributed by atoms with Crippen LogP contribution in [0.1, 0.15) is 29.9 Å². The summed E-state index contributed by atoms with van der Waals surface area (Å²) in [5.74, 6) is -1.38. The van der Waals surface area contributed by atoms with Crippen LogP contribution in [0.25, 0.3) is 22.2 Å². The molecule has 0 amide bonds. The second-order valence-electron chi connectivity index (χ2n) is 9.01. The summed E-state index contributed by atoms with van der Waals surface area (Å²) in [6.07, 6.45) is -2.60. The summed E-state index contributed by atoms with van der Waals surface area (Å²) in [4.78, 5) is 17.9. The third kappa shape index (κ3) is 6.78. The average Bonchev–Trinajstić information content (AvgIpc) is 3.34. The fourth-order valence-corrected chi connectivity index (χ4v) is 4.13. The van der Waals surface area contributed by atoms with Crippen molar-refractivity contribution in [3.8, 4) is 11.4 Å². The van der Waals surface area contributed by atoms with Gasteiger partial charge in [-0.15, -0.1) is 0 Å². The van der Waals surface area contributed by atoms with Crippen LogP contribution in [0.3, 0.4) is 0 Å². The Hall–Kier alpha value is -5.00. The number of nitrogen functional groups attached to an aromatic ring is 1.